The van der Waals surface area contributed by atoms with Gasteiger partial charge in [-0.1, -0.05) is 13.8 Å². The molecule has 2 unspecified atom stereocenters. The number of carbonyl (C=O) groups is 1. The van der Waals surface area contributed by atoms with Crippen molar-refractivity contribution in [2.45, 2.75) is 53.0 Å². The molecule has 1 aromatic carbocycles. The van der Waals surface area contributed by atoms with Crippen molar-refractivity contribution in [1.29, 1.82) is 5.26 Å². The van der Waals surface area contributed by atoms with E-state index in [0.717, 1.165) is 30.4 Å². The molecule has 0 radical (unpaired) electrons. The summed E-state index contributed by atoms with van der Waals surface area (Å²) in [4.78, 5) is 21.7. The maximum absolute atomic E-state index is 12.7. The van der Waals surface area contributed by atoms with E-state index in [0.29, 0.717) is 41.7 Å². The summed E-state index contributed by atoms with van der Waals surface area (Å²) in [7, 11) is 0.711. The number of esters is 1. The highest BCUT2D eigenvalue weighted by Crippen LogP contribution is 2.29. The highest BCUT2D eigenvalue weighted by Gasteiger charge is 2.37. The maximum atomic E-state index is 12.7. The molecule has 2 fully saturated rings. The minimum absolute atomic E-state index is 0.0200. The fourth-order valence-corrected chi connectivity index (χ4v) is 4.56. The van der Waals surface area contributed by atoms with Crippen molar-refractivity contribution < 1.29 is 18.8 Å². The number of aryl methyl sites for hydroxylation is 2. The number of nitriles is 1. The number of hydrogen-bond donors (Lipinski definition) is 2. The molecule has 0 spiro atoms. The molecule has 2 aliphatic rings. The van der Waals surface area contributed by atoms with Crippen molar-refractivity contribution in [3.05, 3.63) is 35.0 Å². The average molecular weight is 477 g/mol. The smallest absolute Gasteiger partial charge is 0.465 e. The summed E-state index contributed by atoms with van der Waals surface area (Å²) in [5.74, 6) is 0.593. The molecule has 2 aromatic rings. The average Bonchev–Trinajstić information content (AvgIpc) is 3.28. The van der Waals surface area contributed by atoms with Gasteiger partial charge in [0, 0.05) is 42.1 Å². The van der Waals surface area contributed by atoms with Crippen molar-refractivity contribution in [3.8, 4) is 6.07 Å². The van der Waals surface area contributed by atoms with E-state index in [4.69, 9.17) is 14.0 Å². The predicted octanol–water partition coefficient (Wildman–Crippen LogP) is 3.50. The minimum Gasteiger partial charge on any atom is -0.465 e. The molecule has 2 heterocycles. The van der Waals surface area contributed by atoms with Crippen LogP contribution in [0, 0.1) is 36.5 Å². The Kier molecular flexibility index (Phi) is 7.29. The normalized spacial score (nSPS) is 21.3. The fourth-order valence-electron chi connectivity index (χ4n) is 4.56. The number of nitrogens with zero attached hydrogens (tertiary/aromatic N) is 3. The van der Waals surface area contributed by atoms with Gasteiger partial charge in [0.1, 0.15) is 5.82 Å². The van der Waals surface area contributed by atoms with E-state index in [9.17, 15) is 10.1 Å². The van der Waals surface area contributed by atoms with Gasteiger partial charge in [-0.05, 0) is 56.3 Å². The predicted molar refractivity (Wildman–Crippen MR) is 134 cm³/mol. The topological polar surface area (TPSA) is 118 Å². The van der Waals surface area contributed by atoms with Crippen LogP contribution in [0.3, 0.4) is 0 Å². The summed E-state index contributed by atoms with van der Waals surface area (Å²) in [5, 5.41) is 16.0. The van der Waals surface area contributed by atoms with E-state index in [1.807, 2.05) is 19.9 Å². The third-order valence-corrected chi connectivity index (χ3v) is 6.51. The number of nitrogens with one attached hydrogen (secondary N) is 2. The number of anilines is 3. The van der Waals surface area contributed by atoms with Gasteiger partial charge in [0.25, 0.3) is 0 Å². The third-order valence-electron chi connectivity index (χ3n) is 6.51. The van der Waals surface area contributed by atoms with Gasteiger partial charge < -0.3 is 24.7 Å². The Labute approximate surface area is 206 Å². The van der Waals surface area contributed by atoms with Crippen LogP contribution in [0.5, 0.6) is 0 Å². The van der Waals surface area contributed by atoms with Gasteiger partial charge in [0.05, 0.1) is 24.7 Å². The number of hydrogen-bond acceptors (Lipinski definition) is 9. The second-order valence-corrected chi connectivity index (χ2v) is 10.1. The van der Waals surface area contributed by atoms with Crippen molar-refractivity contribution in [2.24, 2.45) is 11.3 Å². The molecule has 9 nitrogen and oxygen atoms in total. The molecular weight excluding hydrogens is 445 g/mol. The van der Waals surface area contributed by atoms with E-state index >= 15 is 0 Å². The van der Waals surface area contributed by atoms with Gasteiger partial charge in [0.2, 0.25) is 5.95 Å². The second kappa shape index (κ2) is 10.2. The molecule has 0 amide bonds. The molecule has 2 N–H and O–H groups in total. The standard InChI is InChI=1S/C25H32BN5O4/c1-15-9-18(10-19(23(32)33-5)21(15)26-34-13-25(3,4)14-35-26)29-24-28-12-16(2)22(31-24)30-20-8-6-7-17(20)11-27/h9-10,12,17,20H,6-8,13-14H2,1-5H3,(H2,28,29,30,31). The van der Waals surface area contributed by atoms with Crippen molar-refractivity contribution >= 4 is 36.0 Å². The van der Waals surface area contributed by atoms with Gasteiger partial charge in [0.15, 0.2) is 0 Å². The van der Waals surface area contributed by atoms with Crippen LogP contribution in [0.15, 0.2) is 18.3 Å². The van der Waals surface area contributed by atoms with Gasteiger partial charge in [-0.25, -0.2) is 9.78 Å². The van der Waals surface area contributed by atoms with Crippen LogP contribution in [-0.2, 0) is 14.0 Å². The quantitative estimate of drug-likeness (QED) is 0.476. The lowest BCUT2D eigenvalue weighted by molar-refractivity contribution is 0.0339. The van der Waals surface area contributed by atoms with Gasteiger partial charge in [-0.3, -0.25) is 0 Å². The lowest BCUT2D eigenvalue weighted by Gasteiger charge is -2.34. The first-order chi connectivity index (χ1) is 16.7. The van der Waals surface area contributed by atoms with Gasteiger partial charge >= 0.3 is 13.1 Å². The summed E-state index contributed by atoms with van der Waals surface area (Å²) < 4.78 is 17.0. The Morgan fingerprint density at radius 3 is 2.66 bits per heavy atom. The fraction of sp³-hybridized carbons (Fsp3) is 0.520. The number of rotatable bonds is 6. The molecule has 35 heavy (non-hydrogen) atoms. The zero-order valence-corrected chi connectivity index (χ0v) is 21.0. The number of carbonyl (C=O) groups excluding carboxylic acids is 1. The van der Waals surface area contributed by atoms with Crippen LogP contribution in [0.4, 0.5) is 17.5 Å². The Hall–Kier alpha value is -3.16. The molecule has 1 saturated carbocycles. The van der Waals surface area contributed by atoms with Crippen molar-refractivity contribution in [3.63, 3.8) is 0 Å². The first-order valence-electron chi connectivity index (χ1n) is 11.9. The Balaban J connectivity index is 1.59. The first-order valence-corrected chi connectivity index (χ1v) is 11.9. The van der Waals surface area contributed by atoms with Crippen LogP contribution < -0.4 is 16.1 Å². The lowest BCUT2D eigenvalue weighted by Crippen LogP contribution is -2.50. The Morgan fingerprint density at radius 2 is 1.97 bits per heavy atom. The molecule has 1 aliphatic carbocycles. The summed E-state index contributed by atoms with van der Waals surface area (Å²) >= 11 is 0. The highest BCUT2D eigenvalue weighted by molar-refractivity contribution is 6.63. The summed E-state index contributed by atoms with van der Waals surface area (Å²) in [6, 6.07) is 6.08. The van der Waals surface area contributed by atoms with E-state index < -0.39 is 13.1 Å². The monoisotopic (exact) mass is 477 g/mol. The minimum atomic E-state index is -0.642. The van der Waals surface area contributed by atoms with Gasteiger partial charge in [-0.15, -0.1) is 0 Å². The highest BCUT2D eigenvalue weighted by atomic mass is 16.6. The maximum Gasteiger partial charge on any atom is 0.495 e. The molecule has 2 atom stereocenters. The molecule has 1 aromatic heterocycles. The first kappa shape index (κ1) is 25.0. The van der Waals surface area contributed by atoms with E-state index in [1.54, 1.807) is 12.3 Å². The van der Waals surface area contributed by atoms with Crippen LogP contribution in [0.1, 0.15) is 54.6 Å². The van der Waals surface area contributed by atoms with Crippen molar-refractivity contribution in [1.82, 2.24) is 9.97 Å². The third kappa shape index (κ3) is 5.58. The van der Waals surface area contributed by atoms with Crippen molar-refractivity contribution in [2.75, 3.05) is 31.0 Å². The second-order valence-electron chi connectivity index (χ2n) is 10.1. The lowest BCUT2D eigenvalue weighted by atomic mass is 9.71. The molecule has 1 aliphatic heterocycles. The number of ether oxygens (including phenoxy) is 1. The molecule has 1 saturated heterocycles. The summed E-state index contributed by atoms with van der Waals surface area (Å²) in [5.41, 5.74) is 3.32. The SMILES string of the molecule is COC(=O)c1cc(Nc2ncc(C)c(NC3CCCC3C#N)n2)cc(C)c1B1OCC(C)(C)CO1. The Bertz CT molecular complexity index is 1140. The summed E-state index contributed by atoms with van der Waals surface area (Å²) in [6.45, 7) is 9.04. The van der Waals surface area contributed by atoms with Crippen LogP contribution >= 0.6 is 0 Å². The van der Waals surface area contributed by atoms with Crippen LogP contribution in [0.2, 0.25) is 0 Å². The Morgan fingerprint density at radius 1 is 1.23 bits per heavy atom. The largest absolute Gasteiger partial charge is 0.495 e. The number of methoxy groups -OCH3 is 1. The molecule has 4 rings (SSSR count). The van der Waals surface area contributed by atoms with Crippen LogP contribution in [-0.4, -0.2) is 49.4 Å². The molecule has 10 heteroatoms. The van der Waals surface area contributed by atoms with Gasteiger partial charge in [-0.2, -0.15) is 10.2 Å². The number of aromatic nitrogens is 2. The zero-order chi connectivity index (χ0) is 25.2. The van der Waals surface area contributed by atoms with E-state index in [-0.39, 0.29) is 17.4 Å². The number of benzene rings is 1. The summed E-state index contributed by atoms with van der Waals surface area (Å²) in [6.07, 6.45) is 4.61. The molecular formula is C25H32BN5O4. The zero-order valence-electron chi connectivity index (χ0n) is 21.0. The van der Waals surface area contributed by atoms with Crippen LogP contribution in [0.25, 0.3) is 0 Å². The molecule has 184 valence electrons. The van der Waals surface area contributed by atoms with E-state index in [1.165, 1.54) is 7.11 Å². The molecule has 0 bridgehead atoms. The van der Waals surface area contributed by atoms with E-state index in [2.05, 4.69) is 40.5 Å².